The first-order valence-corrected chi connectivity index (χ1v) is 7.83. The Morgan fingerprint density at radius 2 is 1.83 bits per heavy atom. The summed E-state index contributed by atoms with van der Waals surface area (Å²) in [6.07, 6.45) is 3.45. The maximum atomic E-state index is 11.2. The first-order valence-electron chi connectivity index (χ1n) is 7.83. The van der Waals surface area contributed by atoms with Crippen molar-refractivity contribution in [2.75, 3.05) is 0 Å². The molecule has 3 heterocycles. The zero-order valence-electron chi connectivity index (χ0n) is 12.7. The van der Waals surface area contributed by atoms with Crippen LogP contribution in [0.5, 0.6) is 0 Å². The van der Waals surface area contributed by atoms with E-state index >= 15 is 0 Å². The van der Waals surface area contributed by atoms with Gasteiger partial charge in [-0.2, -0.15) is 5.10 Å². The number of fused-ring (bicyclic) bond motifs is 8. The summed E-state index contributed by atoms with van der Waals surface area (Å²) in [5.74, 6) is -0.909. The SMILES string of the molecule is O=C(O)c1ccc2c(c1)[C@H]1O[C@@H]2c2ccc(Cn3cccn3)cc21. The third-order valence-corrected chi connectivity index (χ3v) is 4.79. The third-order valence-electron chi connectivity index (χ3n) is 4.79. The monoisotopic (exact) mass is 318 g/mol. The van der Waals surface area contributed by atoms with Crippen molar-refractivity contribution < 1.29 is 14.6 Å². The molecule has 0 saturated carbocycles. The lowest BCUT2D eigenvalue weighted by Gasteiger charge is -2.17. The molecule has 2 bridgehead atoms. The second kappa shape index (κ2) is 4.79. The molecule has 0 unspecified atom stereocenters. The average Bonchev–Trinajstić information content (AvgIpc) is 3.29. The molecule has 0 fully saturated rings. The first-order chi connectivity index (χ1) is 11.7. The molecular weight excluding hydrogens is 304 g/mol. The van der Waals surface area contributed by atoms with Crippen LogP contribution in [0.25, 0.3) is 0 Å². The van der Waals surface area contributed by atoms with Gasteiger partial charge in [0.25, 0.3) is 0 Å². The largest absolute Gasteiger partial charge is 0.478 e. The van der Waals surface area contributed by atoms with Gasteiger partial charge in [0.15, 0.2) is 0 Å². The minimum absolute atomic E-state index is 0.0819. The molecule has 0 aliphatic carbocycles. The third kappa shape index (κ3) is 1.85. The Kier molecular flexibility index (Phi) is 2.69. The van der Waals surface area contributed by atoms with Gasteiger partial charge in [0, 0.05) is 12.4 Å². The van der Waals surface area contributed by atoms with Gasteiger partial charge in [0.2, 0.25) is 0 Å². The second-order valence-corrected chi connectivity index (χ2v) is 6.21. The van der Waals surface area contributed by atoms with Crippen molar-refractivity contribution in [2.45, 2.75) is 18.8 Å². The van der Waals surface area contributed by atoms with E-state index in [1.54, 1.807) is 18.3 Å². The fraction of sp³-hybridized carbons (Fsp3) is 0.158. The predicted molar refractivity (Wildman–Crippen MR) is 85.9 cm³/mol. The highest BCUT2D eigenvalue weighted by Gasteiger charge is 2.42. The Balaban J connectivity index is 1.55. The molecule has 0 spiro atoms. The average molecular weight is 318 g/mol. The van der Waals surface area contributed by atoms with Gasteiger partial charge in [-0.1, -0.05) is 24.3 Å². The van der Waals surface area contributed by atoms with Gasteiger partial charge in [0.1, 0.15) is 12.2 Å². The molecule has 0 amide bonds. The predicted octanol–water partition coefficient (Wildman–Crippen LogP) is 3.15. The Labute approximate surface area is 138 Å². The first kappa shape index (κ1) is 13.5. The summed E-state index contributed by atoms with van der Waals surface area (Å²) < 4.78 is 8.00. The van der Waals surface area contributed by atoms with E-state index in [4.69, 9.17) is 4.74 Å². The van der Waals surface area contributed by atoms with Gasteiger partial charge in [-0.25, -0.2) is 4.79 Å². The lowest BCUT2D eigenvalue weighted by molar-refractivity contribution is 0.0696. The lowest BCUT2D eigenvalue weighted by Crippen LogP contribution is -2.07. The van der Waals surface area contributed by atoms with Gasteiger partial charge >= 0.3 is 5.97 Å². The summed E-state index contributed by atoms with van der Waals surface area (Å²) in [5.41, 5.74) is 5.84. The zero-order chi connectivity index (χ0) is 16.3. The number of aromatic carboxylic acids is 1. The Bertz CT molecular complexity index is 963. The van der Waals surface area contributed by atoms with Crippen LogP contribution in [-0.4, -0.2) is 20.9 Å². The fourth-order valence-electron chi connectivity index (χ4n) is 3.71. The molecule has 5 heteroatoms. The van der Waals surface area contributed by atoms with Crippen LogP contribution in [0.1, 0.15) is 50.4 Å². The van der Waals surface area contributed by atoms with Crippen LogP contribution in [0.3, 0.4) is 0 Å². The van der Waals surface area contributed by atoms with E-state index in [1.807, 2.05) is 23.0 Å². The number of carboxylic acid groups (broad SMARTS) is 1. The minimum Gasteiger partial charge on any atom is -0.478 e. The van der Waals surface area contributed by atoms with E-state index in [0.717, 1.165) is 22.3 Å². The summed E-state index contributed by atoms with van der Waals surface area (Å²) in [6, 6.07) is 13.6. The topological polar surface area (TPSA) is 64.3 Å². The summed E-state index contributed by atoms with van der Waals surface area (Å²) in [5, 5.41) is 13.5. The molecule has 3 aromatic rings. The van der Waals surface area contributed by atoms with Crippen LogP contribution < -0.4 is 0 Å². The smallest absolute Gasteiger partial charge is 0.335 e. The Morgan fingerprint density at radius 1 is 1.08 bits per heavy atom. The number of ether oxygens (including phenoxy) is 1. The summed E-state index contributed by atoms with van der Waals surface area (Å²) in [6.45, 7) is 0.708. The number of rotatable bonds is 3. The molecule has 0 saturated heterocycles. The number of aromatic nitrogens is 2. The van der Waals surface area contributed by atoms with Crippen molar-refractivity contribution in [1.82, 2.24) is 9.78 Å². The van der Waals surface area contributed by atoms with Gasteiger partial charge in [-0.3, -0.25) is 4.68 Å². The maximum Gasteiger partial charge on any atom is 0.335 e. The van der Waals surface area contributed by atoms with Crippen LogP contribution >= 0.6 is 0 Å². The van der Waals surface area contributed by atoms with E-state index in [-0.39, 0.29) is 12.2 Å². The zero-order valence-corrected chi connectivity index (χ0v) is 12.7. The molecule has 2 aliphatic heterocycles. The number of nitrogens with zero attached hydrogens (tertiary/aromatic N) is 2. The van der Waals surface area contributed by atoms with Crippen LogP contribution in [0.4, 0.5) is 0 Å². The summed E-state index contributed by atoms with van der Waals surface area (Å²) in [4.78, 5) is 11.2. The summed E-state index contributed by atoms with van der Waals surface area (Å²) >= 11 is 0. The Hall–Kier alpha value is -2.92. The van der Waals surface area contributed by atoms with Crippen molar-refractivity contribution in [3.63, 3.8) is 0 Å². The van der Waals surface area contributed by atoms with Crippen molar-refractivity contribution in [3.05, 3.63) is 88.2 Å². The molecule has 2 aliphatic rings. The van der Waals surface area contributed by atoms with Crippen molar-refractivity contribution in [1.29, 1.82) is 0 Å². The molecule has 1 N–H and O–H groups in total. The number of hydrogen-bond donors (Lipinski definition) is 1. The normalized spacial score (nSPS) is 20.0. The highest BCUT2D eigenvalue weighted by molar-refractivity contribution is 5.88. The molecule has 5 nitrogen and oxygen atoms in total. The van der Waals surface area contributed by atoms with E-state index < -0.39 is 5.97 Å². The van der Waals surface area contributed by atoms with Crippen LogP contribution in [0.15, 0.2) is 54.9 Å². The molecule has 1 aromatic heterocycles. The van der Waals surface area contributed by atoms with Gasteiger partial charge in [0.05, 0.1) is 12.1 Å². The number of carbonyl (C=O) groups is 1. The maximum absolute atomic E-state index is 11.2. The molecule has 24 heavy (non-hydrogen) atoms. The fourth-order valence-corrected chi connectivity index (χ4v) is 3.71. The highest BCUT2D eigenvalue weighted by atomic mass is 16.5. The van der Waals surface area contributed by atoms with Gasteiger partial charge in [-0.15, -0.1) is 0 Å². The van der Waals surface area contributed by atoms with E-state index in [2.05, 4.69) is 23.3 Å². The lowest BCUT2D eigenvalue weighted by atomic mass is 9.84. The second-order valence-electron chi connectivity index (χ2n) is 6.21. The quantitative estimate of drug-likeness (QED) is 0.806. The van der Waals surface area contributed by atoms with Gasteiger partial charge in [-0.05, 0) is 46.0 Å². The standard InChI is InChI=1S/C19H14N2O3/c22-19(23)12-3-5-14-16(9-12)18-15-8-11(10-21-7-1-6-20-21)2-4-13(15)17(14)24-18/h1-9,17-18H,10H2,(H,22,23)/t17-,18+/m1/s1. The Morgan fingerprint density at radius 3 is 2.58 bits per heavy atom. The van der Waals surface area contributed by atoms with E-state index in [1.165, 1.54) is 5.56 Å². The molecular formula is C19H14N2O3. The van der Waals surface area contributed by atoms with E-state index in [9.17, 15) is 9.90 Å². The van der Waals surface area contributed by atoms with Gasteiger partial charge < -0.3 is 9.84 Å². The van der Waals surface area contributed by atoms with Crippen LogP contribution in [0, 0.1) is 0 Å². The number of benzene rings is 2. The van der Waals surface area contributed by atoms with E-state index in [0.29, 0.717) is 12.1 Å². The minimum atomic E-state index is -0.909. The van der Waals surface area contributed by atoms with Crippen LogP contribution in [-0.2, 0) is 11.3 Å². The van der Waals surface area contributed by atoms with Crippen molar-refractivity contribution in [3.8, 4) is 0 Å². The number of hydrogen-bond acceptors (Lipinski definition) is 3. The van der Waals surface area contributed by atoms with Crippen molar-refractivity contribution in [2.24, 2.45) is 0 Å². The molecule has 118 valence electrons. The molecule has 2 aromatic carbocycles. The highest BCUT2D eigenvalue weighted by Crippen LogP contribution is 2.54. The molecule has 5 rings (SSSR count). The number of carboxylic acids is 1. The van der Waals surface area contributed by atoms with Crippen LogP contribution in [0.2, 0.25) is 0 Å². The van der Waals surface area contributed by atoms with Crippen molar-refractivity contribution >= 4 is 5.97 Å². The molecule has 2 atom stereocenters. The molecule has 0 radical (unpaired) electrons. The summed E-state index contributed by atoms with van der Waals surface area (Å²) in [7, 11) is 0.